The smallest absolute Gasteiger partial charge is 0.314 e. The summed E-state index contributed by atoms with van der Waals surface area (Å²) in [6.45, 7) is 1.53. The Kier molecular flexibility index (Phi) is 3.95. The average Bonchev–Trinajstić information content (AvgIpc) is 2.41. The predicted molar refractivity (Wildman–Crippen MR) is 70.2 cm³/mol. The van der Waals surface area contributed by atoms with Crippen LogP contribution < -0.4 is 4.74 Å². The standard InChI is InChI=1S/C14H12FNO4/c1-9(17)10-5-2-3-8-13(10)20-14-11(15)6-4-7-12(14)16(18)19/h2-9,17H,1H3/t9-/m0/s1. The molecule has 104 valence electrons. The zero-order valence-electron chi connectivity index (χ0n) is 10.6. The maximum Gasteiger partial charge on any atom is 0.314 e. The van der Waals surface area contributed by atoms with Crippen molar-refractivity contribution in [3.63, 3.8) is 0 Å². The van der Waals surface area contributed by atoms with Crippen LogP contribution >= 0.6 is 0 Å². The van der Waals surface area contributed by atoms with Gasteiger partial charge in [-0.3, -0.25) is 10.1 Å². The van der Waals surface area contributed by atoms with Crippen LogP contribution in [0.4, 0.5) is 10.1 Å². The van der Waals surface area contributed by atoms with Gasteiger partial charge in [-0.25, -0.2) is 4.39 Å². The van der Waals surface area contributed by atoms with Gasteiger partial charge in [-0.05, 0) is 19.1 Å². The van der Waals surface area contributed by atoms with Crippen molar-refractivity contribution in [2.75, 3.05) is 0 Å². The van der Waals surface area contributed by atoms with Crippen LogP contribution in [0.25, 0.3) is 0 Å². The molecule has 0 aliphatic carbocycles. The summed E-state index contributed by atoms with van der Waals surface area (Å²) in [5.74, 6) is -1.12. The molecule has 0 amide bonds. The summed E-state index contributed by atoms with van der Waals surface area (Å²) in [6.07, 6.45) is -0.836. The van der Waals surface area contributed by atoms with Gasteiger partial charge in [-0.15, -0.1) is 0 Å². The topological polar surface area (TPSA) is 72.6 Å². The molecule has 0 aliphatic heterocycles. The summed E-state index contributed by atoms with van der Waals surface area (Å²) >= 11 is 0. The highest BCUT2D eigenvalue weighted by Gasteiger charge is 2.21. The number of aliphatic hydroxyl groups excluding tert-OH is 1. The lowest BCUT2D eigenvalue weighted by Crippen LogP contribution is -1.99. The van der Waals surface area contributed by atoms with Gasteiger partial charge in [0.25, 0.3) is 0 Å². The molecule has 0 aromatic heterocycles. The molecule has 0 unspecified atom stereocenters. The van der Waals surface area contributed by atoms with Gasteiger partial charge in [-0.1, -0.05) is 24.3 Å². The van der Waals surface area contributed by atoms with Crippen LogP contribution in [0.5, 0.6) is 11.5 Å². The molecule has 0 saturated heterocycles. The van der Waals surface area contributed by atoms with Gasteiger partial charge in [0.1, 0.15) is 5.75 Å². The third-order valence-corrected chi connectivity index (χ3v) is 2.72. The van der Waals surface area contributed by atoms with Crippen LogP contribution in [-0.2, 0) is 0 Å². The first-order chi connectivity index (χ1) is 9.50. The lowest BCUT2D eigenvalue weighted by molar-refractivity contribution is -0.385. The number of hydrogen-bond donors (Lipinski definition) is 1. The lowest BCUT2D eigenvalue weighted by Gasteiger charge is -2.13. The van der Waals surface area contributed by atoms with Crippen LogP contribution in [0.15, 0.2) is 42.5 Å². The molecule has 0 heterocycles. The van der Waals surface area contributed by atoms with Gasteiger partial charge in [0.05, 0.1) is 11.0 Å². The van der Waals surface area contributed by atoms with Crippen molar-refractivity contribution in [3.05, 3.63) is 64.0 Å². The zero-order valence-corrected chi connectivity index (χ0v) is 10.6. The van der Waals surface area contributed by atoms with Gasteiger partial charge in [0.2, 0.25) is 5.75 Å². The van der Waals surface area contributed by atoms with E-state index in [9.17, 15) is 19.6 Å². The Morgan fingerprint density at radius 3 is 2.60 bits per heavy atom. The van der Waals surface area contributed by atoms with E-state index in [1.54, 1.807) is 18.2 Å². The van der Waals surface area contributed by atoms with E-state index < -0.39 is 28.3 Å². The van der Waals surface area contributed by atoms with Gasteiger partial charge < -0.3 is 9.84 Å². The highest BCUT2D eigenvalue weighted by atomic mass is 19.1. The van der Waals surface area contributed by atoms with E-state index in [0.717, 1.165) is 12.1 Å². The maximum absolute atomic E-state index is 13.7. The average molecular weight is 277 g/mol. The monoisotopic (exact) mass is 277 g/mol. The van der Waals surface area contributed by atoms with E-state index in [1.165, 1.54) is 19.1 Å². The molecule has 6 heteroatoms. The fourth-order valence-corrected chi connectivity index (χ4v) is 1.77. The Morgan fingerprint density at radius 2 is 1.95 bits per heavy atom. The fourth-order valence-electron chi connectivity index (χ4n) is 1.77. The van der Waals surface area contributed by atoms with Crippen LogP contribution in [0.2, 0.25) is 0 Å². The fraction of sp³-hybridized carbons (Fsp3) is 0.143. The molecule has 2 aromatic rings. The number of rotatable bonds is 4. The van der Waals surface area contributed by atoms with Crippen molar-refractivity contribution in [2.45, 2.75) is 13.0 Å². The van der Waals surface area contributed by atoms with Gasteiger partial charge in [0, 0.05) is 11.6 Å². The molecule has 2 rings (SSSR count). The van der Waals surface area contributed by atoms with Crippen molar-refractivity contribution in [1.29, 1.82) is 0 Å². The van der Waals surface area contributed by atoms with Crippen molar-refractivity contribution in [3.8, 4) is 11.5 Å². The Balaban J connectivity index is 2.48. The second-order valence-corrected chi connectivity index (χ2v) is 4.16. The van der Waals surface area contributed by atoms with E-state index in [1.807, 2.05) is 0 Å². The second kappa shape index (κ2) is 5.66. The van der Waals surface area contributed by atoms with Crippen LogP contribution in [0.1, 0.15) is 18.6 Å². The number of hydrogen-bond acceptors (Lipinski definition) is 4. The second-order valence-electron chi connectivity index (χ2n) is 4.16. The largest absolute Gasteiger partial charge is 0.447 e. The van der Waals surface area contributed by atoms with Crippen LogP contribution in [0, 0.1) is 15.9 Å². The van der Waals surface area contributed by atoms with Crippen LogP contribution in [-0.4, -0.2) is 10.0 Å². The first-order valence-corrected chi connectivity index (χ1v) is 5.88. The molecule has 1 atom stereocenters. The van der Waals surface area contributed by atoms with E-state index in [4.69, 9.17) is 4.74 Å². The minimum atomic E-state index is -0.836. The summed E-state index contributed by atoms with van der Waals surface area (Å²) in [5, 5.41) is 20.5. The Morgan fingerprint density at radius 1 is 1.25 bits per heavy atom. The molecule has 0 spiro atoms. The molecule has 20 heavy (non-hydrogen) atoms. The highest BCUT2D eigenvalue weighted by molar-refractivity contribution is 5.50. The number of benzene rings is 2. The third-order valence-electron chi connectivity index (χ3n) is 2.72. The van der Waals surface area contributed by atoms with E-state index in [-0.39, 0.29) is 5.75 Å². The van der Waals surface area contributed by atoms with E-state index in [2.05, 4.69) is 0 Å². The molecule has 0 fully saturated rings. The number of ether oxygens (including phenoxy) is 1. The number of para-hydroxylation sites is 2. The van der Waals surface area contributed by atoms with Gasteiger partial charge >= 0.3 is 5.69 Å². The van der Waals surface area contributed by atoms with E-state index in [0.29, 0.717) is 5.56 Å². The molecule has 5 nitrogen and oxygen atoms in total. The molecular formula is C14H12FNO4. The summed E-state index contributed by atoms with van der Waals surface area (Å²) in [4.78, 5) is 10.2. The first-order valence-electron chi connectivity index (χ1n) is 5.88. The quantitative estimate of drug-likeness (QED) is 0.684. The van der Waals surface area contributed by atoms with E-state index >= 15 is 0 Å². The first kappa shape index (κ1) is 14.0. The number of aliphatic hydroxyl groups is 1. The zero-order chi connectivity index (χ0) is 14.7. The van der Waals surface area contributed by atoms with Gasteiger partial charge in [0.15, 0.2) is 5.82 Å². The minimum absolute atomic E-state index is 0.177. The summed E-state index contributed by atoms with van der Waals surface area (Å²) in [7, 11) is 0. The Bertz CT molecular complexity index is 643. The molecule has 2 aromatic carbocycles. The molecule has 0 bridgehead atoms. The summed E-state index contributed by atoms with van der Waals surface area (Å²) < 4.78 is 19.1. The van der Waals surface area contributed by atoms with Crippen molar-refractivity contribution < 1.29 is 19.2 Å². The third kappa shape index (κ3) is 2.75. The Hall–Kier alpha value is -2.47. The molecular weight excluding hydrogens is 265 g/mol. The van der Waals surface area contributed by atoms with Gasteiger partial charge in [-0.2, -0.15) is 0 Å². The number of nitrogens with zero attached hydrogens (tertiary/aromatic N) is 1. The molecule has 0 aliphatic rings. The predicted octanol–water partition coefficient (Wildman–Crippen LogP) is 3.58. The summed E-state index contributed by atoms with van der Waals surface area (Å²) in [5.41, 5.74) is -0.0459. The highest BCUT2D eigenvalue weighted by Crippen LogP contribution is 2.36. The van der Waals surface area contributed by atoms with Crippen molar-refractivity contribution >= 4 is 5.69 Å². The van der Waals surface area contributed by atoms with Crippen LogP contribution in [0.3, 0.4) is 0 Å². The van der Waals surface area contributed by atoms with Crippen molar-refractivity contribution in [1.82, 2.24) is 0 Å². The van der Waals surface area contributed by atoms with Crippen molar-refractivity contribution in [2.24, 2.45) is 0 Å². The normalized spacial score (nSPS) is 11.9. The SMILES string of the molecule is C[C@H](O)c1ccccc1Oc1c(F)cccc1[N+](=O)[O-]. The maximum atomic E-state index is 13.7. The Labute approximate surface area is 114 Å². The molecule has 1 N–H and O–H groups in total. The number of nitro groups is 1. The summed E-state index contributed by atoms with van der Waals surface area (Å²) in [6, 6.07) is 9.90. The molecule has 0 radical (unpaired) electrons. The number of halogens is 1. The number of nitro benzene ring substituents is 1. The lowest BCUT2D eigenvalue weighted by atomic mass is 10.1. The minimum Gasteiger partial charge on any atom is -0.447 e. The molecule has 0 saturated carbocycles.